The fraction of sp³-hybridized carbons (Fsp3) is 0.571. The molecule has 1 heterocycles. The Kier molecular flexibility index (Phi) is 3.43. The van der Waals surface area contributed by atoms with Crippen LogP contribution in [0.3, 0.4) is 0 Å². The second kappa shape index (κ2) is 4.59. The zero-order valence-electron chi connectivity index (χ0n) is 10.7. The van der Waals surface area contributed by atoms with Crippen molar-refractivity contribution in [2.45, 2.75) is 44.3 Å². The van der Waals surface area contributed by atoms with E-state index in [1.807, 2.05) is 13.8 Å². The molecule has 1 aromatic rings. The molecule has 2 nitrogen and oxygen atoms in total. The van der Waals surface area contributed by atoms with Crippen LogP contribution in [0.2, 0.25) is 0 Å². The molecule has 0 amide bonds. The standard InChI is InChI=1S/C14H18F2O2/c1-3-13(2)9-14(17,4-5-18-13)10-6-11(15)8-12(16)7-10/h6-8,17H,3-5,9H2,1-2H3. The Balaban J connectivity index is 2.35. The lowest BCUT2D eigenvalue weighted by Gasteiger charge is -2.43. The Labute approximate surface area is 106 Å². The van der Waals surface area contributed by atoms with E-state index in [2.05, 4.69) is 0 Å². The molecule has 18 heavy (non-hydrogen) atoms. The van der Waals surface area contributed by atoms with Crippen molar-refractivity contribution < 1.29 is 18.6 Å². The van der Waals surface area contributed by atoms with Gasteiger partial charge in [-0.15, -0.1) is 0 Å². The Morgan fingerprint density at radius 1 is 1.28 bits per heavy atom. The minimum absolute atomic E-state index is 0.294. The number of ether oxygens (including phenoxy) is 1. The first-order chi connectivity index (χ1) is 8.37. The van der Waals surface area contributed by atoms with Gasteiger partial charge in [-0.1, -0.05) is 6.92 Å². The molecule has 0 saturated carbocycles. The summed E-state index contributed by atoms with van der Waals surface area (Å²) < 4.78 is 32.1. The molecule has 1 aromatic carbocycles. The van der Waals surface area contributed by atoms with Crippen molar-refractivity contribution in [1.82, 2.24) is 0 Å². The highest BCUT2D eigenvalue weighted by atomic mass is 19.1. The van der Waals surface area contributed by atoms with Crippen molar-refractivity contribution in [3.63, 3.8) is 0 Å². The van der Waals surface area contributed by atoms with Crippen molar-refractivity contribution in [1.29, 1.82) is 0 Å². The Morgan fingerprint density at radius 2 is 1.89 bits per heavy atom. The predicted octanol–water partition coefficient (Wildman–Crippen LogP) is 3.13. The first-order valence-electron chi connectivity index (χ1n) is 6.20. The quantitative estimate of drug-likeness (QED) is 0.881. The van der Waals surface area contributed by atoms with Crippen LogP contribution in [0.5, 0.6) is 0 Å². The SMILES string of the molecule is CCC1(C)CC(O)(c2cc(F)cc(F)c2)CCO1. The molecule has 1 saturated heterocycles. The van der Waals surface area contributed by atoms with Crippen LogP contribution in [0.15, 0.2) is 18.2 Å². The molecule has 2 atom stereocenters. The van der Waals surface area contributed by atoms with Crippen LogP contribution < -0.4 is 0 Å². The van der Waals surface area contributed by atoms with Crippen molar-refractivity contribution >= 4 is 0 Å². The molecule has 1 N–H and O–H groups in total. The molecule has 2 unspecified atom stereocenters. The molecule has 0 bridgehead atoms. The molecular formula is C14H18F2O2. The predicted molar refractivity (Wildman–Crippen MR) is 64.1 cm³/mol. The van der Waals surface area contributed by atoms with Gasteiger partial charge >= 0.3 is 0 Å². The lowest BCUT2D eigenvalue weighted by Crippen LogP contribution is -2.45. The molecule has 0 spiro atoms. The van der Waals surface area contributed by atoms with Crippen LogP contribution in [0.4, 0.5) is 8.78 Å². The topological polar surface area (TPSA) is 29.5 Å². The highest BCUT2D eigenvalue weighted by Crippen LogP contribution is 2.41. The van der Waals surface area contributed by atoms with Crippen molar-refractivity contribution in [2.75, 3.05) is 6.61 Å². The molecule has 1 fully saturated rings. The molecule has 100 valence electrons. The number of halogens is 2. The van der Waals surface area contributed by atoms with Gasteiger partial charge in [0.05, 0.1) is 17.8 Å². The third-order valence-electron chi connectivity index (χ3n) is 3.78. The lowest BCUT2D eigenvalue weighted by molar-refractivity contribution is -0.157. The number of hydrogen-bond donors (Lipinski definition) is 1. The van der Waals surface area contributed by atoms with Gasteiger partial charge in [-0.05, 0) is 31.0 Å². The van der Waals surface area contributed by atoms with Crippen molar-refractivity contribution in [2.24, 2.45) is 0 Å². The zero-order chi connectivity index (χ0) is 13.4. The van der Waals surface area contributed by atoms with Gasteiger partial charge in [-0.25, -0.2) is 8.78 Å². The third kappa shape index (κ3) is 2.54. The van der Waals surface area contributed by atoms with Crippen LogP contribution >= 0.6 is 0 Å². The summed E-state index contributed by atoms with van der Waals surface area (Å²) in [5.74, 6) is -1.33. The summed E-state index contributed by atoms with van der Waals surface area (Å²) in [6.45, 7) is 4.27. The van der Waals surface area contributed by atoms with E-state index in [1.165, 1.54) is 12.1 Å². The normalized spacial score (nSPS) is 32.5. The van der Waals surface area contributed by atoms with Gasteiger partial charge < -0.3 is 9.84 Å². The molecule has 0 aliphatic carbocycles. The minimum atomic E-state index is -1.22. The van der Waals surface area contributed by atoms with Crippen molar-refractivity contribution in [3.05, 3.63) is 35.4 Å². The Bertz CT molecular complexity index is 429. The fourth-order valence-corrected chi connectivity index (χ4v) is 2.52. The van der Waals surface area contributed by atoms with E-state index in [-0.39, 0.29) is 0 Å². The largest absolute Gasteiger partial charge is 0.385 e. The zero-order valence-corrected chi connectivity index (χ0v) is 10.7. The Morgan fingerprint density at radius 3 is 2.44 bits per heavy atom. The van der Waals surface area contributed by atoms with E-state index in [1.54, 1.807) is 0 Å². The molecule has 1 aliphatic heterocycles. The molecule has 2 rings (SSSR count). The van der Waals surface area contributed by atoms with E-state index in [0.29, 0.717) is 25.0 Å². The average molecular weight is 256 g/mol. The van der Waals surface area contributed by atoms with Crippen LogP contribution in [0, 0.1) is 11.6 Å². The van der Waals surface area contributed by atoms with Crippen LogP contribution in [-0.2, 0) is 10.3 Å². The highest BCUT2D eigenvalue weighted by molar-refractivity contribution is 5.25. The van der Waals surface area contributed by atoms with Crippen LogP contribution in [0.1, 0.15) is 38.7 Å². The summed E-state index contributed by atoms with van der Waals surface area (Å²) in [6.07, 6.45) is 1.44. The number of benzene rings is 1. The van der Waals surface area contributed by atoms with Gasteiger partial charge in [0.25, 0.3) is 0 Å². The smallest absolute Gasteiger partial charge is 0.126 e. The maximum atomic E-state index is 13.2. The van der Waals surface area contributed by atoms with Gasteiger partial charge in [0, 0.05) is 18.9 Å². The van der Waals surface area contributed by atoms with E-state index >= 15 is 0 Å². The van der Waals surface area contributed by atoms with E-state index in [4.69, 9.17) is 4.74 Å². The second-order valence-electron chi connectivity index (χ2n) is 5.27. The summed E-state index contributed by atoms with van der Waals surface area (Å²) in [5, 5.41) is 10.6. The summed E-state index contributed by atoms with van der Waals surface area (Å²) >= 11 is 0. The van der Waals surface area contributed by atoms with Gasteiger partial charge in [-0.2, -0.15) is 0 Å². The van der Waals surface area contributed by atoms with Crippen molar-refractivity contribution in [3.8, 4) is 0 Å². The van der Waals surface area contributed by atoms with Crippen LogP contribution in [-0.4, -0.2) is 17.3 Å². The minimum Gasteiger partial charge on any atom is -0.385 e. The number of hydrogen-bond acceptors (Lipinski definition) is 2. The summed E-state index contributed by atoms with van der Waals surface area (Å²) in [7, 11) is 0. The van der Waals surface area contributed by atoms with Gasteiger partial charge in [0.1, 0.15) is 11.6 Å². The average Bonchev–Trinajstić information content (AvgIpc) is 2.27. The van der Waals surface area contributed by atoms with Crippen LogP contribution in [0.25, 0.3) is 0 Å². The second-order valence-corrected chi connectivity index (χ2v) is 5.27. The summed E-state index contributed by atoms with van der Waals surface area (Å²) in [6, 6.07) is 3.21. The summed E-state index contributed by atoms with van der Waals surface area (Å²) in [4.78, 5) is 0. The first-order valence-corrected chi connectivity index (χ1v) is 6.20. The number of aliphatic hydroxyl groups is 1. The van der Waals surface area contributed by atoms with E-state index < -0.39 is 22.8 Å². The monoisotopic (exact) mass is 256 g/mol. The first kappa shape index (κ1) is 13.4. The third-order valence-corrected chi connectivity index (χ3v) is 3.78. The molecular weight excluding hydrogens is 238 g/mol. The highest BCUT2D eigenvalue weighted by Gasteiger charge is 2.42. The molecule has 4 heteroatoms. The maximum absolute atomic E-state index is 13.2. The molecule has 1 aliphatic rings. The lowest BCUT2D eigenvalue weighted by atomic mass is 9.77. The fourth-order valence-electron chi connectivity index (χ4n) is 2.52. The van der Waals surface area contributed by atoms with E-state index in [0.717, 1.165) is 12.5 Å². The number of rotatable bonds is 2. The Hall–Kier alpha value is -1.00. The van der Waals surface area contributed by atoms with Gasteiger partial charge in [-0.3, -0.25) is 0 Å². The van der Waals surface area contributed by atoms with Gasteiger partial charge in [0.15, 0.2) is 0 Å². The maximum Gasteiger partial charge on any atom is 0.126 e. The van der Waals surface area contributed by atoms with E-state index in [9.17, 15) is 13.9 Å². The summed E-state index contributed by atoms with van der Waals surface area (Å²) in [5.41, 5.74) is -1.37. The molecule has 0 radical (unpaired) electrons. The molecule has 0 aromatic heterocycles. The van der Waals surface area contributed by atoms with Gasteiger partial charge in [0.2, 0.25) is 0 Å².